The summed E-state index contributed by atoms with van der Waals surface area (Å²) >= 11 is 0. The second-order valence-corrected chi connectivity index (χ2v) is 6.91. The Kier molecular flexibility index (Phi) is 1.78. The third-order valence-electron chi connectivity index (χ3n) is 3.96. The molecular weight excluding hydrogens is 202 g/mol. The van der Waals surface area contributed by atoms with Crippen molar-refractivity contribution in [1.29, 1.82) is 0 Å². The molecule has 0 bridgehead atoms. The van der Waals surface area contributed by atoms with E-state index in [0.717, 1.165) is 0 Å². The molecule has 2 rings (SSSR count). The van der Waals surface area contributed by atoms with Crippen molar-refractivity contribution < 1.29 is 13.2 Å². The van der Waals surface area contributed by atoms with E-state index < -0.39 is 20.0 Å². The molecule has 2 saturated heterocycles. The Balaban J connectivity index is 2.52. The minimum Gasteiger partial charge on any atom is -0.321 e. The summed E-state index contributed by atoms with van der Waals surface area (Å²) in [6, 6.07) is -0.177. The number of amides is 1. The Hall–Kier alpha value is -0.580. The van der Waals surface area contributed by atoms with Gasteiger partial charge in [-0.05, 0) is 20.3 Å². The van der Waals surface area contributed by atoms with Gasteiger partial charge in [0.05, 0.1) is 11.2 Å². The summed E-state index contributed by atoms with van der Waals surface area (Å²) < 4.78 is 23.4. The zero-order valence-corrected chi connectivity index (χ0v) is 9.47. The summed E-state index contributed by atoms with van der Waals surface area (Å²) in [6.07, 6.45) is 0.749. The zero-order valence-electron chi connectivity index (χ0n) is 8.65. The third-order valence-corrected chi connectivity index (χ3v) is 7.00. The summed E-state index contributed by atoms with van der Waals surface area (Å²) in [6.45, 7) is 5.45. The van der Waals surface area contributed by atoms with Gasteiger partial charge in [-0.3, -0.25) is 4.79 Å². The molecule has 0 saturated carbocycles. The number of hydrogen-bond acceptors (Lipinski definition) is 3. The van der Waals surface area contributed by atoms with Crippen LogP contribution in [0.5, 0.6) is 0 Å². The highest BCUT2D eigenvalue weighted by molar-refractivity contribution is 7.93. The SMILES string of the molecule is CCC1(C)C(C)N2C(=O)CC2S1(=O)=O. The average Bonchev–Trinajstić information content (AvgIpc) is 2.21. The molecule has 1 amide bonds. The number of sulfone groups is 1. The van der Waals surface area contributed by atoms with E-state index in [0.29, 0.717) is 6.42 Å². The van der Waals surface area contributed by atoms with Crippen molar-refractivity contribution in [2.75, 3.05) is 0 Å². The van der Waals surface area contributed by atoms with E-state index in [9.17, 15) is 13.2 Å². The van der Waals surface area contributed by atoms with Crippen LogP contribution in [0.15, 0.2) is 0 Å². The predicted molar refractivity (Wildman–Crippen MR) is 52.3 cm³/mol. The molecule has 2 fully saturated rings. The monoisotopic (exact) mass is 217 g/mol. The largest absolute Gasteiger partial charge is 0.321 e. The number of carbonyl (C=O) groups excluding carboxylic acids is 1. The van der Waals surface area contributed by atoms with Crippen LogP contribution in [0.25, 0.3) is 0 Å². The Bertz CT molecular complexity index is 389. The van der Waals surface area contributed by atoms with E-state index in [1.54, 1.807) is 6.92 Å². The predicted octanol–water partition coefficient (Wildman–Crippen LogP) is 0.530. The first-order chi connectivity index (χ1) is 6.36. The normalized spacial score (nSPS) is 44.8. The highest BCUT2D eigenvalue weighted by Gasteiger charge is 2.64. The van der Waals surface area contributed by atoms with Gasteiger partial charge in [0.15, 0.2) is 9.84 Å². The van der Waals surface area contributed by atoms with Gasteiger partial charge in [-0.25, -0.2) is 8.42 Å². The quantitative estimate of drug-likeness (QED) is 0.602. The van der Waals surface area contributed by atoms with Crippen molar-refractivity contribution in [2.24, 2.45) is 0 Å². The maximum Gasteiger partial charge on any atom is 0.227 e. The average molecular weight is 217 g/mol. The van der Waals surface area contributed by atoms with Crippen LogP contribution in [-0.2, 0) is 14.6 Å². The topological polar surface area (TPSA) is 54.5 Å². The van der Waals surface area contributed by atoms with Crippen LogP contribution < -0.4 is 0 Å². The number of hydrogen-bond donors (Lipinski definition) is 0. The first-order valence-corrected chi connectivity index (χ1v) is 6.45. The number of carbonyl (C=O) groups is 1. The molecule has 0 aromatic rings. The number of fused-ring (bicyclic) bond motifs is 1. The van der Waals surface area contributed by atoms with Gasteiger partial charge in [0.1, 0.15) is 5.37 Å². The number of β-lactam (4-membered cyclic amide) rings is 1. The lowest BCUT2D eigenvalue weighted by Gasteiger charge is -2.36. The van der Waals surface area contributed by atoms with Gasteiger partial charge in [0, 0.05) is 6.04 Å². The van der Waals surface area contributed by atoms with Crippen molar-refractivity contribution in [3.63, 3.8) is 0 Å². The Labute approximate surface area is 84.2 Å². The van der Waals surface area contributed by atoms with Gasteiger partial charge in [0.2, 0.25) is 5.91 Å². The fourth-order valence-corrected chi connectivity index (χ4v) is 5.04. The van der Waals surface area contributed by atoms with Crippen molar-refractivity contribution in [1.82, 2.24) is 4.90 Å². The molecule has 0 aromatic heterocycles. The van der Waals surface area contributed by atoms with E-state index in [1.807, 2.05) is 13.8 Å². The van der Waals surface area contributed by atoms with Crippen molar-refractivity contribution >= 4 is 15.7 Å². The highest BCUT2D eigenvalue weighted by atomic mass is 32.2. The van der Waals surface area contributed by atoms with Gasteiger partial charge in [-0.2, -0.15) is 0 Å². The van der Waals surface area contributed by atoms with Crippen LogP contribution >= 0.6 is 0 Å². The summed E-state index contributed by atoms with van der Waals surface area (Å²) in [4.78, 5) is 12.8. The van der Waals surface area contributed by atoms with Crippen LogP contribution in [0, 0.1) is 0 Å². The zero-order chi connectivity index (χ0) is 10.7. The minimum absolute atomic E-state index is 0.0248. The minimum atomic E-state index is -3.15. The first-order valence-electron chi connectivity index (χ1n) is 4.91. The fourth-order valence-electron chi connectivity index (χ4n) is 2.47. The standard InChI is InChI=1S/C9H15NO3S/c1-4-9(3)6(2)10-7(11)5-8(10)14(9,12)13/h6,8H,4-5H2,1-3H3. The summed E-state index contributed by atoms with van der Waals surface area (Å²) in [5.41, 5.74) is 0. The molecule has 2 aliphatic rings. The molecule has 0 radical (unpaired) electrons. The number of nitrogens with zero attached hydrogens (tertiary/aromatic N) is 1. The first kappa shape index (κ1) is 9.96. The van der Waals surface area contributed by atoms with Crippen LogP contribution in [-0.4, -0.2) is 35.4 Å². The molecule has 2 aliphatic heterocycles. The van der Waals surface area contributed by atoms with Gasteiger partial charge < -0.3 is 4.90 Å². The lowest BCUT2D eigenvalue weighted by Crippen LogP contribution is -2.53. The molecule has 0 spiro atoms. The van der Waals surface area contributed by atoms with Gasteiger partial charge in [-0.1, -0.05) is 6.92 Å². The van der Waals surface area contributed by atoms with Gasteiger partial charge >= 0.3 is 0 Å². The molecular formula is C9H15NO3S. The lowest BCUT2D eigenvalue weighted by molar-refractivity contribution is -0.143. The second-order valence-electron chi connectivity index (χ2n) is 4.35. The Morgan fingerprint density at radius 1 is 1.57 bits per heavy atom. The lowest BCUT2D eigenvalue weighted by atomic mass is 9.96. The molecule has 0 aliphatic carbocycles. The van der Waals surface area contributed by atoms with Crippen LogP contribution in [0.1, 0.15) is 33.6 Å². The van der Waals surface area contributed by atoms with Crippen molar-refractivity contribution in [2.45, 2.75) is 49.8 Å². The van der Waals surface area contributed by atoms with Crippen LogP contribution in [0.4, 0.5) is 0 Å². The second kappa shape index (κ2) is 2.51. The summed E-state index contributed by atoms with van der Waals surface area (Å²) in [5.74, 6) is -0.0248. The highest BCUT2D eigenvalue weighted by Crippen LogP contribution is 2.47. The molecule has 2 heterocycles. The maximum atomic E-state index is 12.1. The molecule has 5 heteroatoms. The fraction of sp³-hybridized carbons (Fsp3) is 0.889. The van der Waals surface area contributed by atoms with Gasteiger partial charge in [0.25, 0.3) is 0 Å². The molecule has 80 valence electrons. The van der Waals surface area contributed by atoms with E-state index >= 15 is 0 Å². The Morgan fingerprint density at radius 2 is 2.14 bits per heavy atom. The maximum absolute atomic E-state index is 12.1. The Morgan fingerprint density at radius 3 is 2.50 bits per heavy atom. The molecule has 3 unspecified atom stereocenters. The third kappa shape index (κ3) is 0.798. The van der Waals surface area contributed by atoms with Gasteiger partial charge in [-0.15, -0.1) is 0 Å². The smallest absolute Gasteiger partial charge is 0.227 e. The summed E-state index contributed by atoms with van der Waals surface area (Å²) in [5, 5.41) is -0.532. The van der Waals surface area contributed by atoms with Crippen molar-refractivity contribution in [3.8, 4) is 0 Å². The van der Waals surface area contributed by atoms with E-state index in [4.69, 9.17) is 0 Å². The van der Waals surface area contributed by atoms with E-state index in [1.165, 1.54) is 4.90 Å². The molecule has 0 N–H and O–H groups in total. The molecule has 3 atom stereocenters. The van der Waals surface area contributed by atoms with Crippen LogP contribution in [0.3, 0.4) is 0 Å². The molecule has 14 heavy (non-hydrogen) atoms. The molecule has 0 aromatic carbocycles. The van der Waals surface area contributed by atoms with Crippen LogP contribution in [0.2, 0.25) is 0 Å². The van der Waals surface area contributed by atoms with E-state index in [2.05, 4.69) is 0 Å². The number of rotatable bonds is 1. The van der Waals surface area contributed by atoms with Crippen molar-refractivity contribution in [3.05, 3.63) is 0 Å². The van der Waals surface area contributed by atoms with E-state index in [-0.39, 0.29) is 18.4 Å². The summed E-state index contributed by atoms with van der Waals surface area (Å²) in [7, 11) is -3.15. The molecule has 4 nitrogen and oxygen atoms in total.